The maximum atomic E-state index is 6.42. The summed E-state index contributed by atoms with van der Waals surface area (Å²) >= 11 is 0. The van der Waals surface area contributed by atoms with Crippen molar-refractivity contribution >= 4 is 44.1 Å². The average Bonchev–Trinajstić information content (AvgIpc) is 3.09. The molecule has 0 amide bonds. The number of anilines is 2. The molecule has 2 nitrogen and oxygen atoms in total. The summed E-state index contributed by atoms with van der Waals surface area (Å²) < 4.78 is 6.42. The average molecular weight is 337 g/mol. The molecule has 4 aromatic carbocycles. The molecule has 0 spiro atoms. The van der Waals surface area contributed by atoms with Crippen LogP contribution in [0.1, 0.15) is 12.5 Å². The van der Waals surface area contributed by atoms with Crippen molar-refractivity contribution < 1.29 is 4.42 Å². The Morgan fingerprint density at radius 2 is 1.54 bits per heavy atom. The van der Waals surface area contributed by atoms with Crippen molar-refractivity contribution in [1.29, 1.82) is 0 Å². The lowest BCUT2D eigenvalue weighted by Gasteiger charge is -2.09. The molecule has 126 valence electrons. The molecule has 1 aromatic heterocycles. The van der Waals surface area contributed by atoms with Gasteiger partial charge in [0.05, 0.1) is 5.69 Å². The van der Waals surface area contributed by atoms with Crippen LogP contribution in [0.5, 0.6) is 0 Å². The molecule has 1 N–H and O–H groups in total. The van der Waals surface area contributed by atoms with Gasteiger partial charge in [0.15, 0.2) is 5.58 Å². The Morgan fingerprint density at radius 3 is 2.38 bits per heavy atom. The molecule has 0 bridgehead atoms. The van der Waals surface area contributed by atoms with E-state index in [4.69, 9.17) is 4.42 Å². The van der Waals surface area contributed by atoms with Crippen LogP contribution in [0.4, 0.5) is 11.4 Å². The predicted octanol–water partition coefficient (Wildman–Crippen LogP) is 7.05. The van der Waals surface area contributed by atoms with Gasteiger partial charge < -0.3 is 9.73 Å². The Bertz CT molecular complexity index is 1240. The minimum absolute atomic E-state index is 0.920. The summed E-state index contributed by atoms with van der Waals surface area (Å²) in [7, 11) is 0. The molecule has 26 heavy (non-hydrogen) atoms. The predicted molar refractivity (Wildman–Crippen MR) is 110 cm³/mol. The number of furan rings is 1. The molecule has 0 aliphatic carbocycles. The van der Waals surface area contributed by atoms with Crippen molar-refractivity contribution in [2.24, 2.45) is 0 Å². The molecular weight excluding hydrogens is 318 g/mol. The number of hydrogen-bond acceptors (Lipinski definition) is 2. The topological polar surface area (TPSA) is 25.2 Å². The van der Waals surface area contributed by atoms with E-state index < -0.39 is 0 Å². The standard InChI is InChI=1S/C24H19NO/c1-2-16-10-8-14-20-22-19-13-7-6-9-17(19)15-21(24(22)26-23(16)20)25-18-11-4-3-5-12-18/h3-15,25H,2H2,1H3. The highest BCUT2D eigenvalue weighted by Gasteiger charge is 2.16. The smallest absolute Gasteiger partial charge is 0.159 e. The molecule has 2 heteroatoms. The lowest BCUT2D eigenvalue weighted by Crippen LogP contribution is -1.90. The molecule has 0 aliphatic heterocycles. The Kier molecular flexibility index (Phi) is 3.42. The van der Waals surface area contributed by atoms with Gasteiger partial charge in [-0.15, -0.1) is 0 Å². The van der Waals surface area contributed by atoms with Crippen molar-refractivity contribution in [3.8, 4) is 0 Å². The van der Waals surface area contributed by atoms with Gasteiger partial charge in [-0.05, 0) is 41.0 Å². The van der Waals surface area contributed by atoms with E-state index in [0.29, 0.717) is 0 Å². The lowest BCUT2D eigenvalue weighted by atomic mass is 10.0. The van der Waals surface area contributed by atoms with E-state index in [1.165, 1.54) is 27.1 Å². The molecule has 0 aliphatic rings. The first-order chi connectivity index (χ1) is 12.8. The molecule has 0 unspecified atom stereocenters. The number of para-hydroxylation sites is 2. The number of nitrogens with one attached hydrogen (secondary N) is 1. The second-order valence-electron chi connectivity index (χ2n) is 6.59. The van der Waals surface area contributed by atoms with E-state index in [2.05, 4.69) is 72.9 Å². The van der Waals surface area contributed by atoms with Gasteiger partial charge >= 0.3 is 0 Å². The van der Waals surface area contributed by atoms with E-state index in [1.807, 2.05) is 18.2 Å². The van der Waals surface area contributed by atoms with Crippen molar-refractivity contribution in [3.63, 3.8) is 0 Å². The molecule has 5 rings (SSSR count). The first kappa shape index (κ1) is 15.0. The number of rotatable bonds is 3. The zero-order chi connectivity index (χ0) is 17.5. The van der Waals surface area contributed by atoms with Crippen LogP contribution in [0.25, 0.3) is 32.7 Å². The van der Waals surface area contributed by atoms with Crippen LogP contribution in [0, 0.1) is 0 Å². The molecule has 1 heterocycles. The van der Waals surface area contributed by atoms with Gasteiger partial charge in [0.25, 0.3) is 0 Å². The third kappa shape index (κ3) is 2.26. The van der Waals surface area contributed by atoms with Gasteiger partial charge in [-0.1, -0.05) is 67.6 Å². The number of fused-ring (bicyclic) bond motifs is 5. The van der Waals surface area contributed by atoms with Crippen LogP contribution in [0.15, 0.2) is 83.3 Å². The molecular formula is C24H19NO. The molecule has 0 fully saturated rings. The van der Waals surface area contributed by atoms with Gasteiger partial charge in [0.2, 0.25) is 0 Å². The van der Waals surface area contributed by atoms with E-state index >= 15 is 0 Å². The van der Waals surface area contributed by atoms with Crippen LogP contribution < -0.4 is 5.32 Å². The van der Waals surface area contributed by atoms with Crippen LogP contribution in [0.2, 0.25) is 0 Å². The Hall–Kier alpha value is -3.26. The van der Waals surface area contributed by atoms with Gasteiger partial charge in [-0.25, -0.2) is 0 Å². The second kappa shape index (κ2) is 5.92. The quantitative estimate of drug-likeness (QED) is 0.382. The van der Waals surface area contributed by atoms with Crippen molar-refractivity contribution in [1.82, 2.24) is 0 Å². The molecule has 0 atom stereocenters. The summed E-state index contributed by atoms with van der Waals surface area (Å²) in [6.07, 6.45) is 0.955. The normalized spacial score (nSPS) is 11.4. The maximum Gasteiger partial charge on any atom is 0.159 e. The first-order valence-electron chi connectivity index (χ1n) is 9.03. The van der Waals surface area contributed by atoms with Crippen LogP contribution in [-0.2, 0) is 6.42 Å². The number of benzene rings is 4. The van der Waals surface area contributed by atoms with Crippen LogP contribution in [0.3, 0.4) is 0 Å². The zero-order valence-electron chi connectivity index (χ0n) is 14.6. The van der Waals surface area contributed by atoms with Crippen molar-refractivity contribution in [3.05, 3.63) is 84.4 Å². The van der Waals surface area contributed by atoms with Gasteiger partial charge in [-0.3, -0.25) is 0 Å². The van der Waals surface area contributed by atoms with Crippen LogP contribution in [-0.4, -0.2) is 0 Å². The minimum Gasteiger partial charge on any atom is -0.454 e. The monoisotopic (exact) mass is 337 g/mol. The second-order valence-corrected chi connectivity index (χ2v) is 6.59. The molecule has 0 saturated heterocycles. The summed E-state index contributed by atoms with van der Waals surface area (Å²) in [5.41, 5.74) is 5.22. The lowest BCUT2D eigenvalue weighted by molar-refractivity contribution is 0.665. The number of aryl methyl sites for hydroxylation is 1. The highest BCUT2D eigenvalue weighted by molar-refractivity contribution is 6.22. The van der Waals surface area contributed by atoms with E-state index in [-0.39, 0.29) is 0 Å². The van der Waals surface area contributed by atoms with Crippen molar-refractivity contribution in [2.45, 2.75) is 13.3 Å². The fourth-order valence-electron chi connectivity index (χ4n) is 3.75. The highest BCUT2D eigenvalue weighted by atomic mass is 16.3. The number of hydrogen-bond donors (Lipinski definition) is 1. The minimum atomic E-state index is 0.920. The summed E-state index contributed by atoms with van der Waals surface area (Å²) in [5, 5.41) is 8.36. The third-order valence-electron chi connectivity index (χ3n) is 5.01. The van der Waals surface area contributed by atoms with E-state index in [1.54, 1.807) is 0 Å². The summed E-state index contributed by atoms with van der Waals surface area (Å²) in [6.45, 7) is 2.17. The van der Waals surface area contributed by atoms with Crippen LogP contribution >= 0.6 is 0 Å². The zero-order valence-corrected chi connectivity index (χ0v) is 14.6. The van der Waals surface area contributed by atoms with Gasteiger partial charge in [-0.2, -0.15) is 0 Å². The van der Waals surface area contributed by atoms with Gasteiger partial charge in [0.1, 0.15) is 5.58 Å². The summed E-state index contributed by atoms with van der Waals surface area (Å²) in [6, 6.07) is 27.4. The van der Waals surface area contributed by atoms with Gasteiger partial charge in [0, 0.05) is 16.5 Å². The van der Waals surface area contributed by atoms with E-state index in [0.717, 1.165) is 29.0 Å². The Morgan fingerprint density at radius 1 is 0.769 bits per heavy atom. The van der Waals surface area contributed by atoms with E-state index in [9.17, 15) is 0 Å². The maximum absolute atomic E-state index is 6.42. The first-order valence-corrected chi connectivity index (χ1v) is 9.03. The molecule has 0 saturated carbocycles. The summed E-state index contributed by atoms with van der Waals surface area (Å²) in [5.74, 6) is 0. The highest BCUT2D eigenvalue weighted by Crippen LogP contribution is 2.41. The molecule has 5 aromatic rings. The Labute approximate surface area is 152 Å². The largest absolute Gasteiger partial charge is 0.454 e. The Balaban J connectivity index is 1.89. The fourth-order valence-corrected chi connectivity index (χ4v) is 3.75. The fraction of sp³-hybridized carbons (Fsp3) is 0.0833. The summed E-state index contributed by atoms with van der Waals surface area (Å²) in [4.78, 5) is 0. The SMILES string of the molecule is CCc1cccc2c1oc1c(Nc3ccccc3)cc3ccccc3c12. The molecule has 0 radical (unpaired) electrons. The third-order valence-corrected chi connectivity index (χ3v) is 5.01. The van der Waals surface area contributed by atoms with Crippen molar-refractivity contribution in [2.75, 3.05) is 5.32 Å².